The molecule has 110 valence electrons. The first-order valence-corrected chi connectivity index (χ1v) is 7.27. The molecule has 0 spiro atoms. The Bertz CT molecular complexity index is 554. The van der Waals surface area contributed by atoms with Gasteiger partial charge in [0, 0.05) is 0 Å². The van der Waals surface area contributed by atoms with E-state index in [1.54, 1.807) is 6.92 Å². The zero-order chi connectivity index (χ0) is 15.1. The summed E-state index contributed by atoms with van der Waals surface area (Å²) in [6.07, 6.45) is 0.318. The Hall–Kier alpha value is -2.29. The van der Waals surface area contributed by atoms with Crippen LogP contribution in [0.1, 0.15) is 31.9 Å². The summed E-state index contributed by atoms with van der Waals surface area (Å²) < 4.78 is 5.65. The van der Waals surface area contributed by atoms with Gasteiger partial charge >= 0.3 is 0 Å². The Morgan fingerprint density at radius 2 is 1.62 bits per heavy atom. The summed E-state index contributed by atoms with van der Waals surface area (Å²) in [6.45, 7) is 3.82. The van der Waals surface area contributed by atoms with E-state index < -0.39 is 6.10 Å². The van der Waals surface area contributed by atoms with E-state index in [4.69, 9.17) is 4.74 Å². The molecule has 3 heteroatoms. The monoisotopic (exact) mass is 283 g/mol. The molecule has 2 rings (SSSR count). The van der Waals surface area contributed by atoms with E-state index in [1.165, 1.54) is 0 Å². The first-order chi connectivity index (χ1) is 10.2. The van der Waals surface area contributed by atoms with E-state index in [0.29, 0.717) is 5.75 Å². The number of ether oxygens (including phenoxy) is 1. The lowest BCUT2D eigenvalue weighted by Gasteiger charge is -2.21. The lowest BCUT2D eigenvalue weighted by molar-refractivity contribution is -0.128. The SMILES string of the molecule is CCC(NC(=O)C(C)Oc1ccccc1)c1ccccc1. The van der Waals surface area contributed by atoms with Gasteiger partial charge in [-0.1, -0.05) is 55.5 Å². The van der Waals surface area contributed by atoms with Crippen LogP contribution in [0.5, 0.6) is 5.75 Å². The lowest BCUT2D eigenvalue weighted by atomic mass is 10.0. The summed E-state index contributed by atoms with van der Waals surface area (Å²) in [4.78, 5) is 12.3. The van der Waals surface area contributed by atoms with Crippen LogP contribution >= 0.6 is 0 Å². The van der Waals surface area contributed by atoms with Crippen molar-refractivity contribution in [1.82, 2.24) is 5.32 Å². The highest BCUT2D eigenvalue weighted by atomic mass is 16.5. The summed E-state index contributed by atoms with van der Waals surface area (Å²) in [6, 6.07) is 19.4. The van der Waals surface area contributed by atoms with Gasteiger partial charge in [-0.05, 0) is 31.0 Å². The van der Waals surface area contributed by atoms with Gasteiger partial charge in [-0.2, -0.15) is 0 Å². The largest absolute Gasteiger partial charge is 0.481 e. The second-order valence-electron chi connectivity index (χ2n) is 4.95. The van der Waals surface area contributed by atoms with Gasteiger partial charge in [-0.3, -0.25) is 4.79 Å². The standard InChI is InChI=1S/C18H21NO2/c1-3-17(15-10-6-4-7-11-15)19-18(20)14(2)21-16-12-8-5-9-13-16/h4-14,17H,3H2,1-2H3,(H,19,20). The second-order valence-corrected chi connectivity index (χ2v) is 4.95. The van der Waals surface area contributed by atoms with E-state index >= 15 is 0 Å². The highest BCUT2D eigenvalue weighted by molar-refractivity contribution is 5.81. The maximum absolute atomic E-state index is 12.3. The van der Waals surface area contributed by atoms with Gasteiger partial charge in [0.1, 0.15) is 5.75 Å². The molecule has 0 aliphatic carbocycles. The molecule has 2 aromatic rings. The zero-order valence-corrected chi connectivity index (χ0v) is 12.5. The Labute approximate surface area is 126 Å². The summed E-state index contributed by atoms with van der Waals surface area (Å²) in [5, 5.41) is 3.04. The quantitative estimate of drug-likeness (QED) is 0.877. The fraction of sp³-hybridized carbons (Fsp3) is 0.278. The number of amides is 1. The second kappa shape index (κ2) is 7.48. The van der Waals surface area contributed by atoms with Gasteiger partial charge in [0.05, 0.1) is 6.04 Å². The van der Waals surface area contributed by atoms with Crippen LogP contribution in [0.4, 0.5) is 0 Å². The molecular formula is C18H21NO2. The number of carbonyl (C=O) groups excluding carboxylic acids is 1. The third-order valence-corrected chi connectivity index (χ3v) is 3.35. The number of benzene rings is 2. The fourth-order valence-electron chi connectivity index (χ4n) is 2.15. The predicted octanol–water partition coefficient (Wildman–Crippen LogP) is 3.72. The molecule has 0 saturated heterocycles. The molecule has 1 N–H and O–H groups in total. The molecule has 0 fully saturated rings. The maximum atomic E-state index is 12.3. The van der Waals surface area contributed by atoms with Crippen LogP contribution in [-0.4, -0.2) is 12.0 Å². The Morgan fingerprint density at radius 3 is 2.19 bits per heavy atom. The number of para-hydroxylation sites is 1. The molecule has 21 heavy (non-hydrogen) atoms. The van der Waals surface area contributed by atoms with Crippen LogP contribution < -0.4 is 10.1 Å². The number of hydrogen-bond donors (Lipinski definition) is 1. The third kappa shape index (κ3) is 4.35. The van der Waals surface area contributed by atoms with Crippen LogP contribution in [0, 0.1) is 0 Å². The normalized spacial score (nSPS) is 13.2. The highest BCUT2D eigenvalue weighted by Gasteiger charge is 2.19. The van der Waals surface area contributed by atoms with Crippen molar-refractivity contribution in [1.29, 1.82) is 0 Å². The van der Waals surface area contributed by atoms with Gasteiger partial charge in [0.2, 0.25) is 0 Å². The average Bonchev–Trinajstić information content (AvgIpc) is 2.54. The van der Waals surface area contributed by atoms with E-state index in [9.17, 15) is 4.79 Å². The van der Waals surface area contributed by atoms with Gasteiger partial charge in [-0.25, -0.2) is 0 Å². The molecule has 0 aromatic heterocycles. The minimum Gasteiger partial charge on any atom is -0.481 e. The summed E-state index contributed by atoms with van der Waals surface area (Å²) in [5.74, 6) is 0.600. The summed E-state index contributed by atoms with van der Waals surface area (Å²) in [7, 11) is 0. The molecule has 3 nitrogen and oxygen atoms in total. The van der Waals surface area contributed by atoms with Crippen LogP contribution in [0.25, 0.3) is 0 Å². The Morgan fingerprint density at radius 1 is 1.05 bits per heavy atom. The van der Waals surface area contributed by atoms with Crippen LogP contribution in [0.15, 0.2) is 60.7 Å². The minimum absolute atomic E-state index is 0.0144. The van der Waals surface area contributed by atoms with Crippen molar-refractivity contribution in [3.05, 3.63) is 66.2 Å². The lowest BCUT2D eigenvalue weighted by Crippen LogP contribution is -2.38. The number of carbonyl (C=O) groups is 1. The smallest absolute Gasteiger partial charge is 0.261 e. The van der Waals surface area contributed by atoms with Gasteiger partial charge in [0.15, 0.2) is 6.10 Å². The third-order valence-electron chi connectivity index (χ3n) is 3.35. The zero-order valence-electron chi connectivity index (χ0n) is 12.5. The molecule has 1 amide bonds. The molecule has 0 aliphatic heterocycles. The van der Waals surface area contributed by atoms with Crippen molar-refractivity contribution in [2.24, 2.45) is 0 Å². The van der Waals surface area contributed by atoms with Crippen molar-refractivity contribution >= 4 is 5.91 Å². The van der Waals surface area contributed by atoms with Gasteiger partial charge in [-0.15, -0.1) is 0 Å². The van der Waals surface area contributed by atoms with Crippen molar-refractivity contribution in [2.45, 2.75) is 32.4 Å². The molecule has 0 bridgehead atoms. The summed E-state index contributed by atoms with van der Waals surface area (Å²) >= 11 is 0. The fourth-order valence-corrected chi connectivity index (χ4v) is 2.15. The number of rotatable bonds is 6. The van der Waals surface area contributed by atoms with Crippen LogP contribution in [0.2, 0.25) is 0 Å². The van der Waals surface area contributed by atoms with Gasteiger partial charge in [0.25, 0.3) is 5.91 Å². The van der Waals surface area contributed by atoms with Crippen LogP contribution in [0.3, 0.4) is 0 Å². The van der Waals surface area contributed by atoms with Crippen LogP contribution in [-0.2, 0) is 4.79 Å². The van der Waals surface area contributed by atoms with E-state index in [2.05, 4.69) is 12.2 Å². The van der Waals surface area contributed by atoms with Gasteiger partial charge < -0.3 is 10.1 Å². The minimum atomic E-state index is -0.523. The molecular weight excluding hydrogens is 262 g/mol. The first-order valence-electron chi connectivity index (χ1n) is 7.27. The molecule has 2 unspecified atom stereocenters. The number of hydrogen-bond acceptors (Lipinski definition) is 2. The Kier molecular flexibility index (Phi) is 5.38. The number of nitrogens with one attached hydrogen (secondary N) is 1. The Balaban J connectivity index is 1.96. The molecule has 2 atom stereocenters. The molecule has 0 heterocycles. The molecule has 0 saturated carbocycles. The maximum Gasteiger partial charge on any atom is 0.261 e. The van der Waals surface area contributed by atoms with Crippen molar-refractivity contribution in [3.63, 3.8) is 0 Å². The highest BCUT2D eigenvalue weighted by Crippen LogP contribution is 2.17. The van der Waals surface area contributed by atoms with E-state index in [0.717, 1.165) is 12.0 Å². The molecule has 0 aliphatic rings. The van der Waals surface area contributed by atoms with Crippen molar-refractivity contribution in [3.8, 4) is 5.75 Å². The molecule has 0 radical (unpaired) electrons. The van der Waals surface area contributed by atoms with Crippen molar-refractivity contribution in [2.75, 3.05) is 0 Å². The van der Waals surface area contributed by atoms with E-state index in [1.807, 2.05) is 60.7 Å². The van der Waals surface area contributed by atoms with E-state index in [-0.39, 0.29) is 11.9 Å². The first kappa shape index (κ1) is 15.1. The average molecular weight is 283 g/mol. The summed E-state index contributed by atoms with van der Waals surface area (Å²) in [5.41, 5.74) is 1.11. The van der Waals surface area contributed by atoms with Crippen molar-refractivity contribution < 1.29 is 9.53 Å². The topological polar surface area (TPSA) is 38.3 Å². The predicted molar refractivity (Wildman–Crippen MR) is 84.1 cm³/mol. The molecule has 2 aromatic carbocycles.